The zero-order valence-corrected chi connectivity index (χ0v) is 8.83. The Morgan fingerprint density at radius 1 is 0.857 bits per heavy atom. The zero-order chi connectivity index (χ0) is 10.5. The van der Waals surface area contributed by atoms with Crippen molar-refractivity contribution in [3.63, 3.8) is 0 Å². The zero-order valence-electron chi connectivity index (χ0n) is 8.83. The van der Waals surface area contributed by atoms with Crippen LogP contribution in [0.5, 0.6) is 0 Å². The van der Waals surface area contributed by atoms with Crippen LogP contribution < -0.4 is 0 Å². The van der Waals surface area contributed by atoms with Gasteiger partial charge in [0, 0.05) is 20.1 Å². The largest absolute Gasteiger partial charge is 0.381 e. The lowest BCUT2D eigenvalue weighted by atomic mass is 10.3. The average molecular weight is 201 g/mol. The highest BCUT2D eigenvalue weighted by Crippen LogP contribution is 1.98. The topological polar surface area (TPSA) is 51.5 Å². The molecule has 2 fully saturated rings. The fourth-order valence-corrected chi connectivity index (χ4v) is 0.950. The van der Waals surface area contributed by atoms with Crippen LogP contribution >= 0.6 is 0 Å². The third-order valence-electron chi connectivity index (χ3n) is 1.62. The maximum atomic E-state index is 7.32. The Morgan fingerprint density at radius 3 is 1.36 bits per heavy atom. The highest BCUT2D eigenvalue weighted by Gasteiger charge is 1.96. The lowest BCUT2D eigenvalue weighted by Gasteiger charge is -2.07. The van der Waals surface area contributed by atoms with E-state index in [1.807, 2.05) is 0 Å². The van der Waals surface area contributed by atoms with Gasteiger partial charge in [0.25, 0.3) is 0 Å². The molecule has 0 radical (unpaired) electrons. The number of nitriles is 1. The summed E-state index contributed by atoms with van der Waals surface area (Å²) < 4.78 is 4.94. The van der Waals surface area contributed by atoms with Crippen LogP contribution in [0, 0.1) is 11.3 Å². The van der Waals surface area contributed by atoms with Crippen LogP contribution in [0.4, 0.5) is 0 Å². The van der Waals surface area contributed by atoms with E-state index in [0.717, 1.165) is 39.3 Å². The van der Waals surface area contributed by atoms with Crippen LogP contribution in [0.1, 0.15) is 32.6 Å². The van der Waals surface area contributed by atoms with Crippen molar-refractivity contribution in [1.82, 2.24) is 0 Å². The van der Waals surface area contributed by atoms with Crippen molar-refractivity contribution in [2.75, 3.05) is 26.4 Å². The van der Waals surface area contributed by atoms with Gasteiger partial charge in [-0.1, -0.05) is 0 Å². The van der Waals surface area contributed by atoms with Gasteiger partial charge in [-0.25, -0.2) is 9.78 Å². The summed E-state index contributed by atoms with van der Waals surface area (Å²) in [7, 11) is 0. The molecular formula is C10H19NO3. The molecule has 2 aliphatic heterocycles. The third kappa shape index (κ3) is 11.4. The van der Waals surface area contributed by atoms with Gasteiger partial charge in [-0.05, 0) is 25.7 Å². The van der Waals surface area contributed by atoms with Crippen LogP contribution in [0.2, 0.25) is 0 Å². The fourth-order valence-electron chi connectivity index (χ4n) is 0.950. The van der Waals surface area contributed by atoms with Gasteiger partial charge in [-0.2, -0.15) is 5.26 Å². The van der Waals surface area contributed by atoms with Crippen LogP contribution in [-0.4, -0.2) is 26.4 Å². The van der Waals surface area contributed by atoms with E-state index in [-0.39, 0.29) is 0 Å². The van der Waals surface area contributed by atoms with Gasteiger partial charge in [-0.3, -0.25) is 0 Å². The molecule has 14 heavy (non-hydrogen) atoms. The second kappa shape index (κ2) is 12.4. The summed E-state index contributed by atoms with van der Waals surface area (Å²) in [5.41, 5.74) is 0. The minimum absolute atomic E-state index is 0.778. The highest BCUT2D eigenvalue weighted by atomic mass is 17.2. The van der Waals surface area contributed by atoms with E-state index in [1.54, 1.807) is 6.07 Å². The molecule has 82 valence electrons. The maximum absolute atomic E-state index is 7.32. The molecule has 0 atom stereocenters. The predicted molar refractivity (Wildman–Crippen MR) is 52.5 cm³/mol. The van der Waals surface area contributed by atoms with E-state index in [9.17, 15) is 0 Å². The van der Waals surface area contributed by atoms with Gasteiger partial charge in [0.05, 0.1) is 19.3 Å². The maximum Gasteiger partial charge on any atom is 0.0823 e. The Hall–Kier alpha value is -0.630. The van der Waals surface area contributed by atoms with Crippen molar-refractivity contribution in [1.29, 1.82) is 5.26 Å². The summed E-state index contributed by atoms with van der Waals surface area (Å²) in [4.78, 5) is 9.14. The Bertz CT molecular complexity index is 118. The highest BCUT2D eigenvalue weighted by molar-refractivity contribution is 4.51. The Kier molecular flexibility index (Phi) is 11.8. The quantitative estimate of drug-likeness (QED) is 0.563. The van der Waals surface area contributed by atoms with Gasteiger partial charge in [0.1, 0.15) is 0 Å². The summed E-state index contributed by atoms with van der Waals surface area (Å²) in [6, 6.07) is 1.75. The second-order valence-electron chi connectivity index (χ2n) is 2.89. The first kappa shape index (κ1) is 13.4. The molecule has 4 nitrogen and oxygen atoms in total. The van der Waals surface area contributed by atoms with Crippen molar-refractivity contribution in [3.05, 3.63) is 0 Å². The molecule has 0 saturated carbocycles. The van der Waals surface area contributed by atoms with E-state index >= 15 is 0 Å². The molecule has 0 amide bonds. The van der Waals surface area contributed by atoms with E-state index in [1.165, 1.54) is 19.8 Å². The summed E-state index contributed by atoms with van der Waals surface area (Å²) in [5.74, 6) is 0. The summed E-state index contributed by atoms with van der Waals surface area (Å²) in [6.07, 6.45) is 4.86. The van der Waals surface area contributed by atoms with Crippen molar-refractivity contribution in [3.8, 4) is 6.07 Å². The fraction of sp³-hybridized carbons (Fsp3) is 0.900. The number of hydrogen-bond donors (Lipinski definition) is 0. The van der Waals surface area contributed by atoms with Crippen molar-refractivity contribution < 1.29 is 14.5 Å². The molecule has 2 aliphatic rings. The molecule has 2 saturated heterocycles. The van der Waals surface area contributed by atoms with Gasteiger partial charge >= 0.3 is 0 Å². The van der Waals surface area contributed by atoms with Gasteiger partial charge in [0.15, 0.2) is 0 Å². The first-order valence-electron chi connectivity index (χ1n) is 5.04. The van der Waals surface area contributed by atoms with Crippen LogP contribution in [0.15, 0.2) is 0 Å². The summed E-state index contributed by atoms with van der Waals surface area (Å²) in [5, 5.41) is 7.32. The summed E-state index contributed by atoms with van der Waals surface area (Å²) in [6.45, 7) is 4.99. The minimum Gasteiger partial charge on any atom is -0.381 e. The van der Waals surface area contributed by atoms with Crippen molar-refractivity contribution in [2.45, 2.75) is 32.6 Å². The van der Waals surface area contributed by atoms with E-state index in [4.69, 9.17) is 10.00 Å². The smallest absolute Gasteiger partial charge is 0.0823 e. The predicted octanol–water partition coefficient (Wildman–Crippen LogP) is 2.06. The first-order chi connectivity index (χ1) is 6.91. The molecule has 0 unspecified atom stereocenters. The second-order valence-corrected chi connectivity index (χ2v) is 2.89. The van der Waals surface area contributed by atoms with Gasteiger partial charge in [-0.15, -0.1) is 0 Å². The van der Waals surface area contributed by atoms with Crippen LogP contribution in [0.3, 0.4) is 0 Å². The molecular weight excluding hydrogens is 182 g/mol. The molecule has 4 heteroatoms. The van der Waals surface area contributed by atoms with Gasteiger partial charge in [0.2, 0.25) is 0 Å². The van der Waals surface area contributed by atoms with Gasteiger partial charge < -0.3 is 4.74 Å². The molecule has 0 bridgehead atoms. The first-order valence-corrected chi connectivity index (χ1v) is 5.04. The minimum atomic E-state index is 0.778. The molecule has 0 spiro atoms. The number of nitrogens with zero attached hydrogens (tertiary/aromatic N) is 1. The van der Waals surface area contributed by atoms with E-state index < -0.39 is 0 Å². The Balaban J connectivity index is 0.000000193. The lowest BCUT2D eigenvalue weighted by molar-refractivity contribution is -0.312. The molecule has 0 aromatic rings. The molecule has 0 aromatic heterocycles. The Labute approximate surface area is 85.7 Å². The van der Waals surface area contributed by atoms with Crippen molar-refractivity contribution >= 4 is 0 Å². The molecule has 0 aromatic carbocycles. The Morgan fingerprint density at radius 2 is 1.21 bits per heavy atom. The molecule has 0 aliphatic carbocycles. The number of rotatable bonds is 0. The molecule has 0 N–H and O–H groups in total. The van der Waals surface area contributed by atoms with E-state index in [2.05, 4.69) is 9.78 Å². The standard InChI is InChI=1S/C4H8O2.C4H8O.C2H3N/c1-2-4-6-5-3-1;1-2-4-5-3-1;1-2-3/h1-4H2;1-4H2;1H3. The number of hydrogen-bond acceptors (Lipinski definition) is 4. The normalized spacial score (nSPS) is 19.4. The van der Waals surface area contributed by atoms with Crippen molar-refractivity contribution in [2.24, 2.45) is 0 Å². The SMILES string of the molecule is C1CCOC1.C1CCOOC1.CC#N. The summed E-state index contributed by atoms with van der Waals surface area (Å²) >= 11 is 0. The monoisotopic (exact) mass is 201 g/mol. The van der Waals surface area contributed by atoms with Crippen LogP contribution in [0.25, 0.3) is 0 Å². The van der Waals surface area contributed by atoms with E-state index in [0.29, 0.717) is 0 Å². The third-order valence-corrected chi connectivity index (χ3v) is 1.62. The molecule has 2 rings (SSSR count). The molecule has 2 heterocycles. The lowest BCUT2D eigenvalue weighted by Crippen LogP contribution is -2.05. The average Bonchev–Trinajstić information content (AvgIpc) is 2.80. The number of ether oxygens (including phenoxy) is 1. The van der Waals surface area contributed by atoms with Crippen LogP contribution in [-0.2, 0) is 14.5 Å².